The van der Waals surface area contributed by atoms with E-state index in [1.54, 1.807) is 24.7 Å². The lowest BCUT2D eigenvalue weighted by molar-refractivity contribution is 0.0746. The molecule has 22 heavy (non-hydrogen) atoms. The fraction of sp³-hybridized carbons (Fsp3) is 0.312. The third-order valence-corrected chi connectivity index (χ3v) is 3.93. The van der Waals surface area contributed by atoms with Gasteiger partial charge in [-0.05, 0) is 24.6 Å². The summed E-state index contributed by atoms with van der Waals surface area (Å²) in [6.07, 6.45) is 5.09. The van der Waals surface area contributed by atoms with Crippen LogP contribution in [0.25, 0.3) is 0 Å². The molecule has 1 aliphatic rings. The highest BCUT2D eigenvalue weighted by molar-refractivity contribution is 5.96. The fourth-order valence-corrected chi connectivity index (χ4v) is 2.63. The van der Waals surface area contributed by atoms with Gasteiger partial charge < -0.3 is 15.5 Å². The Morgan fingerprint density at radius 3 is 2.64 bits per heavy atom. The number of nitrogens with two attached hydrogens (primary N) is 1. The summed E-state index contributed by atoms with van der Waals surface area (Å²) in [7, 11) is 0. The second kappa shape index (κ2) is 6.01. The summed E-state index contributed by atoms with van der Waals surface area (Å²) in [5.41, 5.74) is 8.06. The van der Waals surface area contributed by atoms with Crippen molar-refractivity contribution in [2.24, 2.45) is 0 Å². The van der Waals surface area contributed by atoms with Gasteiger partial charge in [-0.15, -0.1) is 0 Å². The molecule has 3 rings (SSSR count). The number of benzene rings is 1. The summed E-state index contributed by atoms with van der Waals surface area (Å²) >= 11 is 0. The molecule has 2 heterocycles. The maximum atomic E-state index is 12.6. The van der Waals surface area contributed by atoms with Gasteiger partial charge in [-0.1, -0.05) is 6.07 Å². The number of amides is 1. The number of carbonyl (C=O) groups excluding carboxylic acids is 1. The molecule has 114 valence electrons. The molecular formula is C16H19N5O. The SMILES string of the molecule is Cc1ccc(N)cc1C(=O)N1CCN(c2cnccn2)CC1. The van der Waals surface area contributed by atoms with Gasteiger partial charge in [0.15, 0.2) is 0 Å². The Balaban J connectivity index is 1.68. The van der Waals surface area contributed by atoms with E-state index < -0.39 is 0 Å². The van der Waals surface area contributed by atoms with E-state index in [1.165, 1.54) is 0 Å². The number of rotatable bonds is 2. The van der Waals surface area contributed by atoms with Crippen LogP contribution >= 0.6 is 0 Å². The number of aromatic nitrogens is 2. The van der Waals surface area contributed by atoms with Crippen LogP contribution in [0.2, 0.25) is 0 Å². The van der Waals surface area contributed by atoms with Crippen molar-refractivity contribution in [2.45, 2.75) is 6.92 Å². The molecular weight excluding hydrogens is 278 g/mol. The van der Waals surface area contributed by atoms with Crippen molar-refractivity contribution in [2.75, 3.05) is 36.8 Å². The number of hydrogen-bond acceptors (Lipinski definition) is 5. The quantitative estimate of drug-likeness (QED) is 0.846. The highest BCUT2D eigenvalue weighted by atomic mass is 16.2. The van der Waals surface area contributed by atoms with E-state index in [0.717, 1.165) is 24.5 Å². The standard InChI is InChI=1S/C16H19N5O/c1-12-2-3-13(17)10-14(12)16(22)21-8-6-20(7-9-21)15-11-18-4-5-19-15/h2-5,10-11H,6-9,17H2,1H3. The molecule has 0 bridgehead atoms. The smallest absolute Gasteiger partial charge is 0.254 e. The van der Waals surface area contributed by atoms with E-state index >= 15 is 0 Å². The van der Waals surface area contributed by atoms with Gasteiger partial charge >= 0.3 is 0 Å². The maximum absolute atomic E-state index is 12.6. The molecule has 1 amide bonds. The zero-order chi connectivity index (χ0) is 15.5. The number of piperazine rings is 1. The first kappa shape index (κ1) is 14.3. The normalized spacial score (nSPS) is 15.0. The lowest BCUT2D eigenvalue weighted by atomic mass is 10.1. The Morgan fingerprint density at radius 2 is 1.95 bits per heavy atom. The van der Waals surface area contributed by atoms with Gasteiger partial charge in [0, 0.05) is 49.8 Å². The molecule has 0 aliphatic carbocycles. The maximum Gasteiger partial charge on any atom is 0.254 e. The largest absolute Gasteiger partial charge is 0.399 e. The fourth-order valence-electron chi connectivity index (χ4n) is 2.63. The second-order valence-electron chi connectivity index (χ2n) is 5.42. The molecule has 2 N–H and O–H groups in total. The molecule has 1 aromatic carbocycles. The lowest BCUT2D eigenvalue weighted by Gasteiger charge is -2.35. The van der Waals surface area contributed by atoms with Crippen molar-refractivity contribution in [1.29, 1.82) is 0 Å². The van der Waals surface area contributed by atoms with Crippen LogP contribution in [0.15, 0.2) is 36.8 Å². The minimum absolute atomic E-state index is 0.0450. The minimum atomic E-state index is 0.0450. The Hall–Kier alpha value is -2.63. The van der Waals surface area contributed by atoms with Gasteiger partial charge in [-0.2, -0.15) is 0 Å². The van der Waals surface area contributed by atoms with Gasteiger partial charge in [-0.3, -0.25) is 9.78 Å². The zero-order valence-electron chi connectivity index (χ0n) is 12.6. The Morgan fingerprint density at radius 1 is 1.18 bits per heavy atom. The number of carbonyl (C=O) groups is 1. The van der Waals surface area contributed by atoms with Crippen LogP contribution in [-0.2, 0) is 0 Å². The molecule has 0 saturated carbocycles. The monoisotopic (exact) mass is 297 g/mol. The summed E-state index contributed by atoms with van der Waals surface area (Å²) in [6, 6.07) is 5.46. The summed E-state index contributed by atoms with van der Waals surface area (Å²) in [4.78, 5) is 25.0. The predicted octanol–water partition coefficient (Wildman–Crippen LogP) is 1.33. The van der Waals surface area contributed by atoms with Gasteiger partial charge in [0.2, 0.25) is 0 Å². The van der Waals surface area contributed by atoms with Crippen LogP contribution in [-0.4, -0.2) is 47.0 Å². The average molecular weight is 297 g/mol. The van der Waals surface area contributed by atoms with Crippen molar-refractivity contribution < 1.29 is 4.79 Å². The van der Waals surface area contributed by atoms with E-state index in [0.29, 0.717) is 24.3 Å². The first-order valence-corrected chi connectivity index (χ1v) is 7.31. The molecule has 6 nitrogen and oxygen atoms in total. The topological polar surface area (TPSA) is 75.4 Å². The third kappa shape index (κ3) is 2.86. The first-order valence-electron chi connectivity index (χ1n) is 7.31. The van der Waals surface area contributed by atoms with Crippen molar-refractivity contribution in [3.8, 4) is 0 Å². The lowest BCUT2D eigenvalue weighted by Crippen LogP contribution is -2.49. The van der Waals surface area contributed by atoms with E-state index in [-0.39, 0.29) is 5.91 Å². The van der Waals surface area contributed by atoms with Gasteiger partial charge in [0.1, 0.15) is 5.82 Å². The number of hydrogen-bond donors (Lipinski definition) is 1. The van der Waals surface area contributed by atoms with Crippen LogP contribution in [0.4, 0.5) is 11.5 Å². The molecule has 6 heteroatoms. The minimum Gasteiger partial charge on any atom is -0.399 e. The molecule has 0 radical (unpaired) electrons. The Bertz CT molecular complexity index is 665. The van der Waals surface area contributed by atoms with E-state index in [1.807, 2.05) is 24.0 Å². The van der Waals surface area contributed by atoms with Crippen LogP contribution in [0, 0.1) is 6.92 Å². The zero-order valence-corrected chi connectivity index (χ0v) is 12.6. The Labute approximate surface area is 129 Å². The molecule has 1 aliphatic heterocycles. The van der Waals surface area contributed by atoms with Crippen molar-refractivity contribution in [3.05, 3.63) is 47.9 Å². The van der Waals surface area contributed by atoms with Crippen LogP contribution < -0.4 is 10.6 Å². The van der Waals surface area contributed by atoms with Gasteiger partial charge in [0.25, 0.3) is 5.91 Å². The molecule has 0 atom stereocenters. The number of aryl methyl sites for hydroxylation is 1. The molecule has 1 saturated heterocycles. The molecule has 0 spiro atoms. The van der Waals surface area contributed by atoms with Crippen LogP contribution in [0.5, 0.6) is 0 Å². The highest BCUT2D eigenvalue weighted by Gasteiger charge is 2.23. The van der Waals surface area contributed by atoms with Gasteiger partial charge in [0.05, 0.1) is 6.20 Å². The second-order valence-corrected chi connectivity index (χ2v) is 5.42. The number of anilines is 2. The summed E-state index contributed by atoms with van der Waals surface area (Å²) in [5.74, 6) is 0.901. The van der Waals surface area contributed by atoms with Crippen LogP contribution in [0.1, 0.15) is 15.9 Å². The number of nitrogens with zero attached hydrogens (tertiary/aromatic N) is 4. The summed E-state index contributed by atoms with van der Waals surface area (Å²) in [6.45, 7) is 4.79. The van der Waals surface area contributed by atoms with E-state index in [4.69, 9.17) is 5.73 Å². The highest BCUT2D eigenvalue weighted by Crippen LogP contribution is 2.17. The summed E-state index contributed by atoms with van der Waals surface area (Å²) in [5, 5.41) is 0. The van der Waals surface area contributed by atoms with E-state index in [9.17, 15) is 4.79 Å². The number of nitrogen functional groups attached to an aromatic ring is 1. The molecule has 1 aromatic heterocycles. The molecule has 0 unspecified atom stereocenters. The van der Waals surface area contributed by atoms with Gasteiger partial charge in [-0.25, -0.2) is 4.98 Å². The molecule has 1 fully saturated rings. The van der Waals surface area contributed by atoms with Crippen LogP contribution in [0.3, 0.4) is 0 Å². The Kier molecular flexibility index (Phi) is 3.91. The van der Waals surface area contributed by atoms with Crippen molar-refractivity contribution >= 4 is 17.4 Å². The van der Waals surface area contributed by atoms with Crippen molar-refractivity contribution in [3.63, 3.8) is 0 Å². The van der Waals surface area contributed by atoms with Crippen molar-refractivity contribution in [1.82, 2.24) is 14.9 Å². The molecule has 2 aromatic rings. The third-order valence-electron chi connectivity index (χ3n) is 3.93. The average Bonchev–Trinajstić information content (AvgIpc) is 2.57. The predicted molar refractivity (Wildman–Crippen MR) is 85.7 cm³/mol. The van der Waals surface area contributed by atoms with E-state index in [2.05, 4.69) is 14.9 Å². The first-order chi connectivity index (χ1) is 10.6. The summed E-state index contributed by atoms with van der Waals surface area (Å²) < 4.78 is 0.